The molecule has 0 radical (unpaired) electrons. The van der Waals surface area contributed by atoms with Crippen molar-refractivity contribution >= 4 is 23.3 Å². The van der Waals surface area contributed by atoms with Crippen molar-refractivity contribution in [2.24, 2.45) is 0 Å². The van der Waals surface area contributed by atoms with Crippen molar-refractivity contribution in [2.45, 2.75) is 46.2 Å². The molecule has 5 heteroatoms. The van der Waals surface area contributed by atoms with Crippen LogP contribution in [0.5, 0.6) is 0 Å². The third-order valence-electron chi connectivity index (χ3n) is 4.87. The van der Waals surface area contributed by atoms with E-state index in [4.69, 9.17) is 16.9 Å². The van der Waals surface area contributed by atoms with Crippen LogP contribution in [0.3, 0.4) is 0 Å². The van der Waals surface area contributed by atoms with Gasteiger partial charge in [0.1, 0.15) is 0 Å². The fourth-order valence-corrected chi connectivity index (χ4v) is 3.39. The SMILES string of the molecule is CC.Cc1ccc(CN2CCC[C@@H](Nc3ccc(N)c(C=N)c3)C2)cc1N.[HH].[HH].[HH]. The number of nitrogens with two attached hydrogens (primary N) is 2. The van der Waals surface area contributed by atoms with E-state index in [2.05, 4.69) is 28.4 Å². The molecule has 2 aromatic carbocycles. The van der Waals surface area contributed by atoms with Gasteiger partial charge >= 0.3 is 0 Å². The molecule has 0 unspecified atom stereocenters. The van der Waals surface area contributed by atoms with Gasteiger partial charge in [0.2, 0.25) is 0 Å². The number of likely N-dealkylation sites (tertiary alicyclic amines) is 1. The molecule has 1 saturated heterocycles. The number of nitrogens with zero attached hydrogens (tertiary/aromatic N) is 1. The highest BCUT2D eigenvalue weighted by atomic mass is 15.2. The van der Waals surface area contributed by atoms with Gasteiger partial charge in [-0.15, -0.1) is 0 Å². The summed E-state index contributed by atoms with van der Waals surface area (Å²) in [7, 11) is 0. The van der Waals surface area contributed by atoms with E-state index in [0.29, 0.717) is 11.7 Å². The first kappa shape index (κ1) is 20.8. The minimum atomic E-state index is 0. The van der Waals surface area contributed by atoms with Crippen molar-refractivity contribution in [1.82, 2.24) is 4.90 Å². The Hall–Kier alpha value is -2.53. The Morgan fingerprint density at radius 3 is 2.67 bits per heavy atom. The molecule has 0 bridgehead atoms. The Balaban J connectivity index is 0. The monoisotopic (exact) mass is 373 g/mol. The maximum Gasteiger partial charge on any atom is 0.0404 e. The number of benzene rings is 2. The van der Waals surface area contributed by atoms with Crippen LogP contribution in [-0.4, -0.2) is 30.2 Å². The molecular formula is C22H39N5. The van der Waals surface area contributed by atoms with Crippen LogP contribution in [0.25, 0.3) is 0 Å². The molecule has 0 aliphatic carbocycles. The summed E-state index contributed by atoms with van der Waals surface area (Å²) >= 11 is 0. The normalized spacial score (nSPS) is 16.9. The predicted molar refractivity (Wildman–Crippen MR) is 124 cm³/mol. The molecule has 1 aliphatic heterocycles. The summed E-state index contributed by atoms with van der Waals surface area (Å²) < 4.78 is 0. The van der Waals surface area contributed by atoms with Crippen molar-refractivity contribution < 1.29 is 4.28 Å². The van der Waals surface area contributed by atoms with Crippen molar-refractivity contribution in [3.63, 3.8) is 0 Å². The molecule has 152 valence electrons. The quantitative estimate of drug-likeness (QED) is 0.438. The Kier molecular flexibility index (Phi) is 7.67. The van der Waals surface area contributed by atoms with Gasteiger partial charge in [-0.05, 0) is 61.7 Å². The lowest BCUT2D eigenvalue weighted by Gasteiger charge is -2.34. The second-order valence-electron chi connectivity index (χ2n) is 6.90. The third kappa shape index (κ3) is 5.73. The minimum Gasteiger partial charge on any atom is -0.399 e. The van der Waals surface area contributed by atoms with Crippen LogP contribution in [0.2, 0.25) is 0 Å². The van der Waals surface area contributed by atoms with Gasteiger partial charge in [0.05, 0.1) is 0 Å². The molecule has 0 amide bonds. The molecule has 3 rings (SSSR count). The summed E-state index contributed by atoms with van der Waals surface area (Å²) in [6, 6.07) is 12.5. The van der Waals surface area contributed by atoms with E-state index in [0.717, 1.165) is 48.6 Å². The van der Waals surface area contributed by atoms with Gasteiger partial charge in [0.15, 0.2) is 0 Å². The Bertz CT molecular complexity index is 770. The maximum atomic E-state index is 7.44. The Morgan fingerprint density at radius 1 is 1.19 bits per heavy atom. The summed E-state index contributed by atoms with van der Waals surface area (Å²) in [5.74, 6) is 0. The van der Waals surface area contributed by atoms with E-state index < -0.39 is 0 Å². The van der Waals surface area contributed by atoms with E-state index in [9.17, 15) is 0 Å². The lowest BCUT2D eigenvalue weighted by atomic mass is 10.0. The molecule has 1 fully saturated rings. The van der Waals surface area contributed by atoms with Gasteiger partial charge in [0, 0.05) is 52.3 Å². The first-order valence-corrected chi connectivity index (χ1v) is 9.79. The van der Waals surface area contributed by atoms with Crippen molar-refractivity contribution in [1.29, 1.82) is 5.41 Å². The fraction of sp³-hybridized carbons (Fsp3) is 0.409. The number of piperidine rings is 1. The van der Waals surface area contributed by atoms with E-state index in [1.807, 2.05) is 39.0 Å². The van der Waals surface area contributed by atoms with Gasteiger partial charge < -0.3 is 22.2 Å². The van der Waals surface area contributed by atoms with Crippen LogP contribution < -0.4 is 16.8 Å². The zero-order chi connectivity index (χ0) is 19.8. The average molecular weight is 374 g/mol. The van der Waals surface area contributed by atoms with E-state index in [-0.39, 0.29) is 4.28 Å². The second-order valence-corrected chi connectivity index (χ2v) is 6.90. The molecule has 1 atom stereocenters. The average Bonchev–Trinajstić information content (AvgIpc) is 2.68. The first-order valence-electron chi connectivity index (χ1n) is 9.79. The number of hydrogen-bond donors (Lipinski definition) is 4. The number of hydrogen-bond acceptors (Lipinski definition) is 5. The first-order chi connectivity index (χ1) is 13.0. The number of nitrogens with one attached hydrogen (secondary N) is 2. The standard InChI is InChI=1S/C20H27N5.C2H6.3H2/c1-14-4-5-15(9-20(14)23)12-25-8-2-3-18(13-25)24-17-6-7-19(22)16(10-17)11-21;1-2;;;/h4-7,9-11,18,21,24H,2-3,8,12-13,22-23H2,1H3;1-2H3;3*1H/t18-;;;;/m1..../s1. The van der Waals surface area contributed by atoms with E-state index in [1.54, 1.807) is 0 Å². The topological polar surface area (TPSA) is 91.2 Å². The third-order valence-corrected chi connectivity index (χ3v) is 4.87. The molecule has 0 aromatic heterocycles. The number of rotatable bonds is 5. The van der Waals surface area contributed by atoms with E-state index >= 15 is 0 Å². The van der Waals surface area contributed by atoms with Gasteiger partial charge in [-0.1, -0.05) is 26.0 Å². The molecular weight excluding hydrogens is 334 g/mol. The Labute approximate surface area is 167 Å². The molecule has 1 aliphatic rings. The van der Waals surface area contributed by atoms with Gasteiger partial charge in [-0.2, -0.15) is 0 Å². The van der Waals surface area contributed by atoms with Crippen LogP contribution in [-0.2, 0) is 6.54 Å². The zero-order valence-electron chi connectivity index (χ0n) is 16.8. The molecule has 6 N–H and O–H groups in total. The van der Waals surface area contributed by atoms with Crippen molar-refractivity contribution in [3.05, 3.63) is 53.1 Å². The fourth-order valence-electron chi connectivity index (χ4n) is 3.39. The van der Waals surface area contributed by atoms with Crippen LogP contribution in [0.1, 0.15) is 47.7 Å². The zero-order valence-corrected chi connectivity index (χ0v) is 16.8. The van der Waals surface area contributed by atoms with Crippen molar-refractivity contribution in [3.8, 4) is 0 Å². The number of aryl methyl sites for hydroxylation is 1. The summed E-state index contributed by atoms with van der Waals surface area (Å²) in [6.07, 6.45) is 3.62. The molecule has 0 saturated carbocycles. The highest BCUT2D eigenvalue weighted by Gasteiger charge is 2.20. The molecule has 0 spiro atoms. The highest BCUT2D eigenvalue weighted by Crippen LogP contribution is 2.22. The van der Waals surface area contributed by atoms with Crippen molar-refractivity contribution in [2.75, 3.05) is 29.9 Å². The summed E-state index contributed by atoms with van der Waals surface area (Å²) in [5, 5.41) is 11.0. The highest BCUT2D eigenvalue weighted by molar-refractivity contribution is 5.86. The lowest BCUT2D eigenvalue weighted by molar-refractivity contribution is 0.208. The predicted octanol–water partition coefficient (Wildman–Crippen LogP) is 5.00. The van der Waals surface area contributed by atoms with Gasteiger partial charge in [0.25, 0.3) is 0 Å². The summed E-state index contributed by atoms with van der Waals surface area (Å²) in [5.41, 5.74) is 17.6. The Morgan fingerprint density at radius 2 is 1.96 bits per heavy atom. The number of nitrogen functional groups attached to an aromatic ring is 2. The maximum absolute atomic E-state index is 7.44. The molecule has 5 nitrogen and oxygen atoms in total. The van der Waals surface area contributed by atoms with Crippen LogP contribution in [0.4, 0.5) is 17.1 Å². The molecule has 1 heterocycles. The van der Waals surface area contributed by atoms with Crippen LogP contribution in [0, 0.1) is 12.3 Å². The van der Waals surface area contributed by atoms with Crippen LogP contribution in [0.15, 0.2) is 36.4 Å². The van der Waals surface area contributed by atoms with Crippen LogP contribution >= 0.6 is 0 Å². The minimum absolute atomic E-state index is 0. The smallest absolute Gasteiger partial charge is 0.0404 e. The summed E-state index contributed by atoms with van der Waals surface area (Å²) in [6.45, 7) is 9.07. The summed E-state index contributed by atoms with van der Waals surface area (Å²) in [4.78, 5) is 2.47. The number of anilines is 3. The lowest BCUT2D eigenvalue weighted by Crippen LogP contribution is -2.41. The van der Waals surface area contributed by atoms with E-state index in [1.165, 1.54) is 18.2 Å². The molecule has 27 heavy (non-hydrogen) atoms. The molecule has 2 aromatic rings. The van der Waals surface area contributed by atoms with Gasteiger partial charge in [-0.3, -0.25) is 4.90 Å². The second kappa shape index (κ2) is 9.97. The van der Waals surface area contributed by atoms with Gasteiger partial charge in [-0.25, -0.2) is 0 Å². The largest absolute Gasteiger partial charge is 0.399 e.